The number of aromatic nitrogens is 2. The Morgan fingerprint density at radius 3 is 2.89 bits per heavy atom. The van der Waals surface area contributed by atoms with E-state index in [0.717, 1.165) is 4.47 Å². The van der Waals surface area contributed by atoms with Crippen LogP contribution in [-0.4, -0.2) is 9.97 Å². The van der Waals surface area contributed by atoms with Gasteiger partial charge in [-0.25, -0.2) is 9.37 Å². The molecule has 0 unspecified atom stereocenters. The van der Waals surface area contributed by atoms with Crippen molar-refractivity contribution in [3.8, 4) is 0 Å². The molecule has 2 aromatic rings. The standard InChI is InChI=1S/C11H7BrCl2FN3/c12-7-1-2-9(15)6(3-7)4-16-10-8(13)5-17-11(14)18-10/h1-3,5H,4H2,(H,16,17,18). The molecule has 0 atom stereocenters. The van der Waals surface area contributed by atoms with Crippen LogP contribution in [-0.2, 0) is 6.54 Å². The third-order valence-corrected chi connectivity index (χ3v) is 3.12. The van der Waals surface area contributed by atoms with E-state index in [-0.39, 0.29) is 17.6 Å². The summed E-state index contributed by atoms with van der Waals surface area (Å²) in [5.74, 6) is 0.0676. The van der Waals surface area contributed by atoms with Crippen molar-refractivity contribution in [2.45, 2.75) is 6.54 Å². The monoisotopic (exact) mass is 349 g/mol. The van der Waals surface area contributed by atoms with Crippen LogP contribution in [0.3, 0.4) is 0 Å². The van der Waals surface area contributed by atoms with Crippen LogP contribution in [0, 0.1) is 5.82 Å². The molecule has 94 valence electrons. The fourth-order valence-corrected chi connectivity index (χ4v) is 2.03. The van der Waals surface area contributed by atoms with Crippen molar-refractivity contribution in [2.24, 2.45) is 0 Å². The van der Waals surface area contributed by atoms with Crippen molar-refractivity contribution in [3.63, 3.8) is 0 Å². The van der Waals surface area contributed by atoms with Gasteiger partial charge in [0.05, 0.1) is 6.20 Å². The van der Waals surface area contributed by atoms with Gasteiger partial charge in [0.15, 0.2) is 0 Å². The van der Waals surface area contributed by atoms with Crippen LogP contribution in [0.15, 0.2) is 28.9 Å². The molecule has 0 radical (unpaired) electrons. The highest BCUT2D eigenvalue weighted by atomic mass is 79.9. The first-order valence-electron chi connectivity index (χ1n) is 4.92. The third kappa shape index (κ3) is 3.31. The van der Waals surface area contributed by atoms with Gasteiger partial charge >= 0.3 is 0 Å². The van der Waals surface area contributed by atoms with Crippen molar-refractivity contribution in [1.29, 1.82) is 0 Å². The zero-order valence-electron chi connectivity index (χ0n) is 8.92. The molecule has 1 aromatic carbocycles. The molecule has 3 nitrogen and oxygen atoms in total. The Balaban J connectivity index is 2.16. The number of rotatable bonds is 3. The van der Waals surface area contributed by atoms with Crippen molar-refractivity contribution in [1.82, 2.24) is 9.97 Å². The molecule has 0 spiro atoms. The molecule has 1 N–H and O–H groups in total. The maximum absolute atomic E-state index is 13.5. The van der Waals surface area contributed by atoms with Gasteiger partial charge in [0.2, 0.25) is 5.28 Å². The van der Waals surface area contributed by atoms with Gasteiger partial charge in [0, 0.05) is 16.6 Å². The number of nitrogens with one attached hydrogen (secondary N) is 1. The van der Waals surface area contributed by atoms with E-state index in [1.54, 1.807) is 12.1 Å². The summed E-state index contributed by atoms with van der Waals surface area (Å²) < 4.78 is 14.3. The predicted molar refractivity (Wildman–Crippen MR) is 73.5 cm³/mol. The highest BCUT2D eigenvalue weighted by molar-refractivity contribution is 9.10. The lowest BCUT2D eigenvalue weighted by Crippen LogP contribution is -2.04. The average molecular weight is 351 g/mol. The van der Waals surface area contributed by atoms with Gasteiger partial charge in [-0.05, 0) is 29.8 Å². The predicted octanol–water partition coefficient (Wildman–Crippen LogP) is 4.30. The van der Waals surface area contributed by atoms with Crippen LogP contribution in [0.25, 0.3) is 0 Å². The van der Waals surface area contributed by atoms with Gasteiger partial charge in [-0.3, -0.25) is 0 Å². The lowest BCUT2D eigenvalue weighted by Gasteiger charge is -2.08. The zero-order chi connectivity index (χ0) is 13.1. The van der Waals surface area contributed by atoms with Gasteiger partial charge in [0.1, 0.15) is 16.7 Å². The Labute approximate surface area is 121 Å². The maximum Gasteiger partial charge on any atom is 0.224 e. The summed E-state index contributed by atoms with van der Waals surface area (Å²) in [4.78, 5) is 7.64. The molecule has 1 aromatic heterocycles. The summed E-state index contributed by atoms with van der Waals surface area (Å²) >= 11 is 14.8. The number of hydrogen-bond acceptors (Lipinski definition) is 3. The minimum Gasteiger partial charge on any atom is -0.364 e. The second kappa shape index (κ2) is 5.82. The van der Waals surface area contributed by atoms with E-state index in [1.807, 2.05) is 0 Å². The number of anilines is 1. The van der Waals surface area contributed by atoms with Crippen molar-refractivity contribution >= 4 is 44.9 Å². The van der Waals surface area contributed by atoms with Crippen molar-refractivity contribution in [3.05, 3.63) is 50.6 Å². The second-order valence-corrected chi connectivity index (χ2v) is 5.09. The fraction of sp³-hybridized carbons (Fsp3) is 0.0909. The molecule has 0 amide bonds. The van der Waals surface area contributed by atoms with Gasteiger partial charge in [-0.1, -0.05) is 27.5 Å². The first kappa shape index (κ1) is 13.5. The van der Waals surface area contributed by atoms with Crippen LogP contribution in [0.5, 0.6) is 0 Å². The molecule has 2 rings (SSSR count). The van der Waals surface area contributed by atoms with Gasteiger partial charge in [-0.15, -0.1) is 0 Å². The van der Waals surface area contributed by atoms with E-state index in [4.69, 9.17) is 23.2 Å². The Morgan fingerprint density at radius 1 is 1.33 bits per heavy atom. The number of halogens is 4. The molecule has 7 heteroatoms. The number of benzene rings is 1. The third-order valence-electron chi connectivity index (χ3n) is 2.17. The SMILES string of the molecule is Fc1ccc(Br)cc1CNc1nc(Cl)ncc1Cl. The first-order valence-corrected chi connectivity index (χ1v) is 6.47. The van der Waals surface area contributed by atoms with E-state index in [0.29, 0.717) is 16.4 Å². The first-order chi connectivity index (χ1) is 8.56. The van der Waals surface area contributed by atoms with Crippen molar-refractivity contribution < 1.29 is 4.39 Å². The molecule has 0 saturated carbocycles. The van der Waals surface area contributed by atoms with Gasteiger partial charge in [0.25, 0.3) is 0 Å². The summed E-state index contributed by atoms with van der Waals surface area (Å²) in [6.07, 6.45) is 1.39. The molecular formula is C11H7BrCl2FN3. The van der Waals surface area contributed by atoms with Crippen LogP contribution in [0.2, 0.25) is 10.3 Å². The molecule has 0 fully saturated rings. The van der Waals surface area contributed by atoms with E-state index >= 15 is 0 Å². The Morgan fingerprint density at radius 2 is 2.11 bits per heavy atom. The van der Waals surface area contributed by atoms with Crippen LogP contribution >= 0.6 is 39.1 Å². The minimum atomic E-state index is -0.304. The van der Waals surface area contributed by atoms with Gasteiger partial charge < -0.3 is 5.32 Å². The Hall–Kier alpha value is -0.910. The van der Waals surface area contributed by atoms with Crippen LogP contribution in [0.1, 0.15) is 5.56 Å². The quantitative estimate of drug-likeness (QED) is 0.839. The molecule has 0 saturated heterocycles. The summed E-state index contributed by atoms with van der Waals surface area (Å²) in [5, 5.41) is 3.32. The van der Waals surface area contributed by atoms with Crippen LogP contribution in [0.4, 0.5) is 10.2 Å². The molecule has 0 aliphatic rings. The lowest BCUT2D eigenvalue weighted by molar-refractivity contribution is 0.612. The highest BCUT2D eigenvalue weighted by Gasteiger charge is 2.06. The summed E-state index contributed by atoms with van der Waals surface area (Å²) in [7, 11) is 0. The van der Waals surface area contributed by atoms with E-state index < -0.39 is 0 Å². The largest absolute Gasteiger partial charge is 0.364 e. The fourth-order valence-electron chi connectivity index (χ4n) is 1.33. The summed E-state index contributed by atoms with van der Waals surface area (Å²) in [5.41, 5.74) is 0.496. The average Bonchev–Trinajstić information content (AvgIpc) is 2.34. The Bertz CT molecular complexity index is 529. The molecule has 0 bridgehead atoms. The smallest absolute Gasteiger partial charge is 0.224 e. The topological polar surface area (TPSA) is 37.8 Å². The van der Waals surface area contributed by atoms with Crippen LogP contribution < -0.4 is 5.32 Å². The maximum atomic E-state index is 13.5. The molecule has 0 aliphatic carbocycles. The highest BCUT2D eigenvalue weighted by Crippen LogP contribution is 2.21. The molecular weight excluding hydrogens is 344 g/mol. The van der Waals surface area contributed by atoms with E-state index in [1.165, 1.54) is 12.3 Å². The van der Waals surface area contributed by atoms with E-state index in [2.05, 4.69) is 31.2 Å². The summed E-state index contributed by atoms with van der Waals surface area (Å²) in [6.45, 7) is 0.248. The van der Waals surface area contributed by atoms with Gasteiger partial charge in [-0.2, -0.15) is 4.98 Å². The number of hydrogen-bond donors (Lipinski definition) is 1. The number of nitrogens with zero attached hydrogens (tertiary/aromatic N) is 2. The molecule has 0 aliphatic heterocycles. The van der Waals surface area contributed by atoms with Crippen molar-refractivity contribution in [2.75, 3.05) is 5.32 Å². The molecule has 1 heterocycles. The zero-order valence-corrected chi connectivity index (χ0v) is 12.0. The van der Waals surface area contributed by atoms with E-state index in [9.17, 15) is 4.39 Å². The normalized spacial score (nSPS) is 10.4. The lowest BCUT2D eigenvalue weighted by atomic mass is 10.2. The molecule has 18 heavy (non-hydrogen) atoms. The summed E-state index contributed by atoms with van der Waals surface area (Å²) in [6, 6.07) is 4.70. The minimum absolute atomic E-state index is 0.0802. The second-order valence-electron chi connectivity index (χ2n) is 3.42. The Kier molecular flexibility index (Phi) is 4.37.